The highest BCUT2D eigenvalue weighted by atomic mass is 32.2. The molecule has 6 rings (SSSR count). The van der Waals surface area contributed by atoms with E-state index in [4.69, 9.17) is 4.42 Å². The number of piperidine rings is 1. The van der Waals surface area contributed by atoms with Crippen LogP contribution in [0.4, 0.5) is 0 Å². The Balaban J connectivity index is 1.12. The van der Waals surface area contributed by atoms with Crippen LogP contribution in [-0.2, 0) is 16.6 Å². The SMILES string of the molecule is O=C(c1ccc2oc(CN3CCN(S(=O)(=O)c4cccc5nsnc45)CC3)nc2c1)N1CCCCC1. The van der Waals surface area contributed by atoms with Crippen molar-refractivity contribution in [2.75, 3.05) is 39.3 Å². The standard InChI is InChI=1S/C24H26N6O4S2/c31-24(29-9-2-1-3-10-29)17-7-8-20-19(15-17)25-22(34-20)16-28-11-13-30(14-12-28)36(32,33)21-6-4-5-18-23(21)27-35-26-18/h4-8,15H,1-3,9-14,16H2. The van der Waals surface area contributed by atoms with Gasteiger partial charge in [0.2, 0.25) is 15.9 Å². The van der Waals surface area contributed by atoms with Gasteiger partial charge in [-0.1, -0.05) is 6.07 Å². The molecule has 1 amide bonds. The average molecular weight is 527 g/mol. The maximum absolute atomic E-state index is 13.3. The fourth-order valence-electron chi connectivity index (χ4n) is 4.90. The van der Waals surface area contributed by atoms with Gasteiger partial charge in [0.25, 0.3) is 5.91 Å². The third-order valence-electron chi connectivity index (χ3n) is 6.88. The Labute approximate surface area is 212 Å². The Hall–Kier alpha value is -2.93. The summed E-state index contributed by atoms with van der Waals surface area (Å²) in [4.78, 5) is 21.7. The number of sulfonamides is 1. The van der Waals surface area contributed by atoms with E-state index in [1.807, 2.05) is 11.0 Å². The van der Waals surface area contributed by atoms with Crippen LogP contribution < -0.4 is 0 Å². The largest absolute Gasteiger partial charge is 0.439 e. The van der Waals surface area contributed by atoms with E-state index < -0.39 is 10.0 Å². The summed E-state index contributed by atoms with van der Waals surface area (Å²) in [6, 6.07) is 10.5. The van der Waals surface area contributed by atoms with Gasteiger partial charge < -0.3 is 9.32 Å². The highest BCUT2D eigenvalue weighted by Gasteiger charge is 2.31. The fourth-order valence-corrected chi connectivity index (χ4v) is 7.08. The van der Waals surface area contributed by atoms with Gasteiger partial charge in [-0.05, 0) is 49.6 Å². The molecule has 0 spiro atoms. The third kappa shape index (κ3) is 4.38. The van der Waals surface area contributed by atoms with Crippen molar-refractivity contribution in [3.8, 4) is 0 Å². The summed E-state index contributed by atoms with van der Waals surface area (Å²) >= 11 is 1.01. The lowest BCUT2D eigenvalue weighted by molar-refractivity contribution is 0.0724. The Morgan fingerprint density at radius 1 is 0.944 bits per heavy atom. The fraction of sp³-hybridized carbons (Fsp3) is 0.417. The number of amides is 1. The molecule has 0 aliphatic carbocycles. The van der Waals surface area contributed by atoms with Gasteiger partial charge in [-0.2, -0.15) is 13.1 Å². The second-order valence-corrected chi connectivity index (χ2v) is 11.6. The maximum Gasteiger partial charge on any atom is 0.253 e. The lowest BCUT2D eigenvalue weighted by Crippen LogP contribution is -2.48. The van der Waals surface area contributed by atoms with Crippen molar-refractivity contribution in [1.29, 1.82) is 0 Å². The molecule has 188 valence electrons. The van der Waals surface area contributed by atoms with Crippen LogP contribution in [0, 0.1) is 0 Å². The van der Waals surface area contributed by atoms with Crippen molar-refractivity contribution < 1.29 is 17.6 Å². The zero-order valence-electron chi connectivity index (χ0n) is 19.7. The van der Waals surface area contributed by atoms with E-state index in [9.17, 15) is 13.2 Å². The number of fused-ring (bicyclic) bond motifs is 2. The van der Waals surface area contributed by atoms with E-state index in [2.05, 4.69) is 18.6 Å². The zero-order valence-corrected chi connectivity index (χ0v) is 21.3. The Morgan fingerprint density at radius 3 is 2.56 bits per heavy atom. The topological polar surface area (TPSA) is 113 Å². The molecule has 2 aromatic carbocycles. The molecule has 4 aromatic rings. The van der Waals surface area contributed by atoms with Crippen molar-refractivity contribution in [1.82, 2.24) is 27.8 Å². The van der Waals surface area contributed by atoms with Crippen molar-refractivity contribution >= 4 is 49.8 Å². The summed E-state index contributed by atoms with van der Waals surface area (Å²) in [7, 11) is -3.66. The number of piperazine rings is 1. The number of nitrogens with zero attached hydrogens (tertiary/aromatic N) is 6. The number of aromatic nitrogens is 3. The number of rotatable bonds is 5. The first-order chi connectivity index (χ1) is 17.5. The van der Waals surface area contributed by atoms with Crippen molar-refractivity contribution in [2.24, 2.45) is 0 Å². The molecule has 2 aromatic heterocycles. The Kier molecular flexibility index (Phi) is 6.20. The molecule has 36 heavy (non-hydrogen) atoms. The quantitative estimate of drug-likeness (QED) is 0.390. The summed E-state index contributed by atoms with van der Waals surface area (Å²) in [5.74, 6) is 0.602. The number of carbonyl (C=O) groups excluding carboxylic acids is 1. The highest BCUT2D eigenvalue weighted by Crippen LogP contribution is 2.26. The maximum atomic E-state index is 13.3. The first kappa shape index (κ1) is 23.5. The van der Waals surface area contributed by atoms with Crippen LogP contribution in [0.5, 0.6) is 0 Å². The molecule has 0 bridgehead atoms. The number of benzene rings is 2. The molecule has 2 saturated heterocycles. The van der Waals surface area contributed by atoms with Crippen LogP contribution in [0.15, 0.2) is 45.7 Å². The normalized spacial score (nSPS) is 18.3. The first-order valence-electron chi connectivity index (χ1n) is 12.1. The molecule has 0 atom stereocenters. The second-order valence-electron chi connectivity index (χ2n) is 9.21. The molecule has 0 radical (unpaired) electrons. The molecule has 12 heteroatoms. The minimum Gasteiger partial charge on any atom is -0.439 e. The predicted octanol–water partition coefficient (Wildman–Crippen LogP) is 2.97. The molecule has 0 N–H and O–H groups in total. The summed E-state index contributed by atoms with van der Waals surface area (Å²) < 4.78 is 42.3. The number of hydrogen-bond donors (Lipinski definition) is 0. The van der Waals surface area contributed by atoms with Crippen LogP contribution >= 0.6 is 11.7 Å². The van der Waals surface area contributed by atoms with Crippen LogP contribution in [0.1, 0.15) is 35.5 Å². The lowest BCUT2D eigenvalue weighted by atomic mass is 10.1. The van der Waals surface area contributed by atoms with E-state index in [0.29, 0.717) is 66.3 Å². The van der Waals surface area contributed by atoms with Gasteiger partial charge in [0.1, 0.15) is 21.4 Å². The molecule has 0 unspecified atom stereocenters. The zero-order chi connectivity index (χ0) is 24.7. The van der Waals surface area contributed by atoms with Gasteiger partial charge in [0, 0.05) is 44.8 Å². The van der Waals surface area contributed by atoms with Gasteiger partial charge in [-0.25, -0.2) is 13.4 Å². The molecule has 2 aliphatic heterocycles. The van der Waals surface area contributed by atoms with E-state index in [0.717, 1.165) is 37.7 Å². The lowest BCUT2D eigenvalue weighted by Gasteiger charge is -2.33. The third-order valence-corrected chi connectivity index (χ3v) is 9.35. The van der Waals surface area contributed by atoms with Gasteiger partial charge >= 0.3 is 0 Å². The molecule has 2 aliphatic rings. The van der Waals surface area contributed by atoms with Crippen LogP contribution in [-0.4, -0.2) is 81.4 Å². The Bertz CT molecular complexity index is 1520. The molecule has 4 heterocycles. The molecule has 10 nitrogen and oxygen atoms in total. The smallest absolute Gasteiger partial charge is 0.253 e. The first-order valence-corrected chi connectivity index (χ1v) is 14.3. The highest BCUT2D eigenvalue weighted by molar-refractivity contribution is 7.89. The minimum absolute atomic E-state index is 0.0441. The van der Waals surface area contributed by atoms with Crippen LogP contribution in [0.2, 0.25) is 0 Å². The van der Waals surface area contributed by atoms with Crippen molar-refractivity contribution in [3.05, 3.63) is 47.9 Å². The Morgan fingerprint density at radius 2 is 1.75 bits per heavy atom. The van der Waals surface area contributed by atoms with E-state index in [1.54, 1.807) is 30.3 Å². The number of carbonyl (C=O) groups is 1. The predicted molar refractivity (Wildman–Crippen MR) is 135 cm³/mol. The number of oxazole rings is 1. The number of hydrogen-bond acceptors (Lipinski definition) is 9. The van der Waals surface area contributed by atoms with Gasteiger partial charge in [0.15, 0.2) is 5.58 Å². The summed E-state index contributed by atoms with van der Waals surface area (Å²) in [5, 5.41) is 0. The van der Waals surface area contributed by atoms with Crippen LogP contribution in [0.3, 0.4) is 0 Å². The second kappa shape index (κ2) is 9.51. The monoisotopic (exact) mass is 526 g/mol. The van der Waals surface area contributed by atoms with E-state index in [1.165, 1.54) is 10.7 Å². The summed E-state index contributed by atoms with van der Waals surface area (Å²) in [5.41, 5.74) is 2.96. The van der Waals surface area contributed by atoms with Crippen molar-refractivity contribution in [2.45, 2.75) is 30.7 Å². The molecule has 2 fully saturated rings. The van der Waals surface area contributed by atoms with Crippen LogP contribution in [0.25, 0.3) is 22.1 Å². The summed E-state index contributed by atoms with van der Waals surface area (Å²) in [6.45, 7) is 3.93. The van der Waals surface area contributed by atoms with Crippen molar-refractivity contribution in [3.63, 3.8) is 0 Å². The molecular formula is C24H26N6O4S2. The van der Waals surface area contributed by atoms with Gasteiger partial charge in [-0.15, -0.1) is 0 Å². The molecular weight excluding hydrogens is 500 g/mol. The summed E-state index contributed by atoms with van der Waals surface area (Å²) in [6.07, 6.45) is 3.28. The average Bonchev–Trinajstić information content (AvgIpc) is 3.55. The van der Waals surface area contributed by atoms with E-state index >= 15 is 0 Å². The molecule has 0 saturated carbocycles. The number of likely N-dealkylation sites (tertiary alicyclic amines) is 1. The van der Waals surface area contributed by atoms with E-state index in [-0.39, 0.29) is 10.8 Å². The van der Waals surface area contributed by atoms with Gasteiger partial charge in [-0.3, -0.25) is 9.69 Å². The minimum atomic E-state index is -3.66. The van der Waals surface area contributed by atoms with Gasteiger partial charge in [0.05, 0.1) is 18.3 Å².